The molecule has 2 aromatic rings. The Morgan fingerprint density at radius 1 is 1.35 bits per heavy atom. The van der Waals surface area contributed by atoms with Crippen molar-refractivity contribution in [3.05, 3.63) is 40.8 Å². The average molecular weight is 381 g/mol. The van der Waals surface area contributed by atoms with Gasteiger partial charge < -0.3 is 20.5 Å². The number of nitrogens with zero attached hydrogens (tertiary/aromatic N) is 2. The molecule has 0 atom stereocenters. The van der Waals surface area contributed by atoms with Crippen molar-refractivity contribution in [1.82, 2.24) is 9.97 Å². The molecule has 0 aliphatic carbocycles. The predicted molar refractivity (Wildman–Crippen MR) is 90.5 cm³/mol. The molecule has 1 amide bonds. The molecule has 3 N–H and O–H groups in total. The number of hydrogen-bond acceptors (Lipinski definition) is 6. The van der Waals surface area contributed by atoms with Crippen molar-refractivity contribution in [3.63, 3.8) is 0 Å². The van der Waals surface area contributed by atoms with Gasteiger partial charge in [0.15, 0.2) is 11.5 Å². The van der Waals surface area contributed by atoms with E-state index >= 15 is 0 Å². The van der Waals surface area contributed by atoms with E-state index in [1.165, 1.54) is 6.20 Å². The van der Waals surface area contributed by atoms with E-state index in [0.717, 1.165) is 0 Å². The van der Waals surface area contributed by atoms with Crippen LogP contribution in [0.3, 0.4) is 0 Å². The summed E-state index contributed by atoms with van der Waals surface area (Å²) in [4.78, 5) is 20.3. The molecule has 0 fully saturated rings. The highest BCUT2D eigenvalue weighted by Crippen LogP contribution is 2.24. The third-order valence-electron chi connectivity index (χ3n) is 2.81. The zero-order valence-electron chi connectivity index (χ0n) is 12.6. The second kappa shape index (κ2) is 8.44. The summed E-state index contributed by atoms with van der Waals surface area (Å²) in [6.07, 6.45) is 1.43. The van der Waals surface area contributed by atoms with Gasteiger partial charge in [-0.1, -0.05) is 12.1 Å². The van der Waals surface area contributed by atoms with E-state index in [9.17, 15) is 4.79 Å². The topological polar surface area (TPSA) is 99.4 Å². The normalized spacial score (nSPS) is 10.3. The molecule has 0 saturated carbocycles. The van der Waals surface area contributed by atoms with Crippen molar-refractivity contribution in [3.8, 4) is 5.75 Å². The Hall–Kier alpha value is -2.19. The first-order valence-corrected chi connectivity index (χ1v) is 7.80. The van der Waals surface area contributed by atoms with Gasteiger partial charge in [-0.25, -0.2) is 9.97 Å². The van der Waals surface area contributed by atoms with Crippen molar-refractivity contribution in [2.75, 3.05) is 30.9 Å². The molecule has 0 aliphatic rings. The van der Waals surface area contributed by atoms with Gasteiger partial charge >= 0.3 is 0 Å². The number of ether oxygens (including phenoxy) is 2. The number of nitrogens with one attached hydrogen (secondary N) is 1. The lowest BCUT2D eigenvalue weighted by atomic mass is 10.2. The van der Waals surface area contributed by atoms with Gasteiger partial charge in [0.25, 0.3) is 5.91 Å². The van der Waals surface area contributed by atoms with Gasteiger partial charge in [0.05, 0.1) is 18.5 Å². The van der Waals surface area contributed by atoms with Crippen LogP contribution in [0, 0.1) is 0 Å². The summed E-state index contributed by atoms with van der Waals surface area (Å²) in [5.41, 5.74) is 6.26. The van der Waals surface area contributed by atoms with Gasteiger partial charge in [-0.15, -0.1) is 0 Å². The van der Waals surface area contributed by atoms with Crippen LogP contribution in [0.4, 0.5) is 11.5 Å². The lowest BCUT2D eigenvalue weighted by Gasteiger charge is -2.12. The van der Waals surface area contributed by atoms with Crippen molar-refractivity contribution in [2.24, 2.45) is 0 Å². The third-order valence-corrected chi connectivity index (χ3v) is 3.19. The number of benzene rings is 1. The Balaban J connectivity index is 2.10. The number of hydrogen-bond donors (Lipinski definition) is 2. The molecular formula is C15H17BrN4O3. The predicted octanol–water partition coefficient (Wildman–Crippen LogP) is 2.49. The fourth-order valence-corrected chi connectivity index (χ4v) is 2.06. The molecular weight excluding hydrogens is 364 g/mol. The monoisotopic (exact) mass is 380 g/mol. The number of nitrogens with two attached hydrogens (primary N) is 1. The number of para-hydroxylation sites is 2. The van der Waals surface area contributed by atoms with Crippen LogP contribution in [0.2, 0.25) is 0 Å². The summed E-state index contributed by atoms with van der Waals surface area (Å²) in [6, 6.07) is 7.10. The quantitative estimate of drug-likeness (QED) is 0.715. The largest absolute Gasteiger partial charge is 0.489 e. The zero-order chi connectivity index (χ0) is 16.7. The van der Waals surface area contributed by atoms with Gasteiger partial charge in [-0.3, -0.25) is 4.79 Å². The van der Waals surface area contributed by atoms with Crippen LogP contribution < -0.4 is 15.8 Å². The Morgan fingerprint density at radius 3 is 2.91 bits per heavy atom. The number of carbonyl (C=O) groups excluding carboxylic acids is 1. The molecule has 1 aromatic heterocycles. The highest BCUT2D eigenvalue weighted by atomic mass is 79.9. The Kier molecular flexibility index (Phi) is 6.30. The van der Waals surface area contributed by atoms with Gasteiger partial charge in [0.1, 0.15) is 17.0 Å². The van der Waals surface area contributed by atoms with Gasteiger partial charge in [-0.2, -0.15) is 0 Å². The molecule has 1 aromatic carbocycles. The van der Waals surface area contributed by atoms with Gasteiger partial charge in [-0.05, 0) is 35.0 Å². The second-order valence-corrected chi connectivity index (χ2v) is 5.23. The lowest BCUT2D eigenvalue weighted by molar-refractivity contribution is 0.102. The van der Waals surface area contributed by atoms with E-state index in [1.54, 1.807) is 18.2 Å². The fraction of sp³-hybridized carbons (Fsp3) is 0.267. The molecule has 7 nitrogen and oxygen atoms in total. The Labute approximate surface area is 142 Å². The molecule has 23 heavy (non-hydrogen) atoms. The maximum atomic E-state index is 12.3. The number of halogens is 1. The molecule has 122 valence electrons. The number of anilines is 2. The highest BCUT2D eigenvalue weighted by Gasteiger charge is 2.15. The SMILES string of the molecule is CCOCCOc1ccccc1NC(=O)c1nc(Br)cnc1N. The number of aromatic nitrogens is 2. The Morgan fingerprint density at radius 2 is 2.13 bits per heavy atom. The summed E-state index contributed by atoms with van der Waals surface area (Å²) < 4.78 is 11.3. The standard InChI is InChI=1S/C15H17BrN4O3/c1-2-22-7-8-23-11-6-4-3-5-10(11)19-15(21)13-14(17)18-9-12(16)20-13/h3-6,9H,2,7-8H2,1H3,(H2,17,18)(H,19,21). The lowest BCUT2D eigenvalue weighted by Crippen LogP contribution is -2.18. The molecule has 0 spiro atoms. The van der Waals surface area contributed by atoms with E-state index in [1.807, 2.05) is 13.0 Å². The first kappa shape index (κ1) is 17.2. The smallest absolute Gasteiger partial charge is 0.278 e. The molecule has 0 aliphatic heterocycles. The third kappa shape index (κ3) is 4.90. The minimum atomic E-state index is -0.461. The summed E-state index contributed by atoms with van der Waals surface area (Å²) in [6.45, 7) is 3.41. The number of nitrogen functional groups attached to an aromatic ring is 1. The molecule has 0 bridgehead atoms. The van der Waals surface area contributed by atoms with Gasteiger partial charge in [0, 0.05) is 6.61 Å². The number of rotatable bonds is 7. The molecule has 0 unspecified atom stereocenters. The molecule has 8 heteroatoms. The zero-order valence-corrected chi connectivity index (χ0v) is 14.2. The van der Waals surface area contributed by atoms with E-state index in [0.29, 0.717) is 35.9 Å². The summed E-state index contributed by atoms with van der Waals surface area (Å²) in [5.74, 6) is 0.139. The van der Waals surface area contributed by atoms with Crippen LogP contribution in [-0.4, -0.2) is 35.7 Å². The van der Waals surface area contributed by atoms with E-state index in [-0.39, 0.29) is 11.5 Å². The van der Waals surface area contributed by atoms with Crippen molar-refractivity contribution >= 4 is 33.3 Å². The number of carbonyl (C=O) groups is 1. The first-order chi connectivity index (χ1) is 11.1. The average Bonchev–Trinajstić information content (AvgIpc) is 2.55. The highest BCUT2D eigenvalue weighted by molar-refractivity contribution is 9.10. The van der Waals surface area contributed by atoms with Crippen molar-refractivity contribution < 1.29 is 14.3 Å². The van der Waals surface area contributed by atoms with E-state index in [4.69, 9.17) is 15.2 Å². The molecule has 2 rings (SSSR count). The summed E-state index contributed by atoms with van der Waals surface area (Å²) >= 11 is 3.17. The first-order valence-electron chi connectivity index (χ1n) is 7.00. The maximum Gasteiger partial charge on any atom is 0.278 e. The van der Waals surface area contributed by atoms with E-state index in [2.05, 4.69) is 31.2 Å². The van der Waals surface area contributed by atoms with Crippen LogP contribution >= 0.6 is 15.9 Å². The minimum absolute atomic E-state index is 0.0449. The fourth-order valence-electron chi connectivity index (χ4n) is 1.78. The maximum absolute atomic E-state index is 12.3. The van der Waals surface area contributed by atoms with Crippen LogP contribution in [0.5, 0.6) is 5.75 Å². The van der Waals surface area contributed by atoms with Crippen LogP contribution in [0.1, 0.15) is 17.4 Å². The second-order valence-electron chi connectivity index (χ2n) is 4.42. The summed E-state index contributed by atoms with van der Waals surface area (Å²) in [7, 11) is 0. The summed E-state index contributed by atoms with van der Waals surface area (Å²) in [5, 5.41) is 2.73. The molecule has 1 heterocycles. The Bertz CT molecular complexity index is 682. The molecule has 0 radical (unpaired) electrons. The van der Waals surface area contributed by atoms with Crippen molar-refractivity contribution in [1.29, 1.82) is 0 Å². The van der Waals surface area contributed by atoms with Gasteiger partial charge in [0.2, 0.25) is 0 Å². The van der Waals surface area contributed by atoms with Crippen LogP contribution in [0.25, 0.3) is 0 Å². The number of amides is 1. The van der Waals surface area contributed by atoms with Crippen LogP contribution in [0.15, 0.2) is 35.1 Å². The minimum Gasteiger partial charge on any atom is -0.489 e. The van der Waals surface area contributed by atoms with Crippen molar-refractivity contribution in [2.45, 2.75) is 6.92 Å². The van der Waals surface area contributed by atoms with Crippen LogP contribution in [-0.2, 0) is 4.74 Å². The molecule has 0 saturated heterocycles. The van der Waals surface area contributed by atoms with E-state index < -0.39 is 5.91 Å².